The van der Waals surface area contributed by atoms with Gasteiger partial charge in [-0.15, -0.1) is 0 Å². The number of Topliss-reactive ketones (excluding diaryl/α,β-unsaturated/α-hetero) is 1. The molecule has 0 heterocycles. The molecule has 27 heavy (non-hydrogen) atoms. The first-order chi connectivity index (χ1) is 13.1. The maximum atomic E-state index is 12.7. The van der Waals surface area contributed by atoms with Crippen LogP contribution in [0.3, 0.4) is 0 Å². The highest BCUT2D eigenvalue weighted by molar-refractivity contribution is 6.23. The molecule has 0 aliphatic carbocycles. The molecule has 0 atom stereocenters. The van der Waals surface area contributed by atoms with Crippen molar-refractivity contribution < 1.29 is 19.1 Å². The molecule has 0 bridgehead atoms. The quantitative estimate of drug-likeness (QED) is 0.397. The van der Waals surface area contributed by atoms with E-state index in [2.05, 4.69) is 10.6 Å². The number of amides is 1. The van der Waals surface area contributed by atoms with E-state index in [9.17, 15) is 9.59 Å². The number of carbonyl (C=O) groups excluding carboxylic acids is 2. The number of ketones is 1. The van der Waals surface area contributed by atoms with Gasteiger partial charge in [0.25, 0.3) is 5.91 Å². The third kappa shape index (κ3) is 5.34. The maximum Gasteiger partial charge on any atom is 0.260 e. The minimum absolute atomic E-state index is 0.0358. The molecule has 0 radical (unpaired) electrons. The fourth-order valence-corrected chi connectivity index (χ4v) is 2.49. The zero-order chi connectivity index (χ0) is 19.6. The number of para-hydroxylation sites is 4. The standard InChI is InChI=1S/C21H24N2O4/c1-4-9-18(24)15(14-22-16-10-5-7-12-19(16)26-2)21(25)23-17-11-6-8-13-20(17)27-3/h5-8,10-14,22H,4,9H2,1-3H3,(H,23,25)/b15-14-. The third-order valence-corrected chi connectivity index (χ3v) is 3.86. The van der Waals surface area contributed by atoms with Crippen molar-refractivity contribution in [1.82, 2.24) is 0 Å². The van der Waals surface area contributed by atoms with Crippen LogP contribution >= 0.6 is 0 Å². The molecule has 6 heteroatoms. The van der Waals surface area contributed by atoms with E-state index in [1.807, 2.05) is 19.1 Å². The van der Waals surface area contributed by atoms with E-state index in [1.54, 1.807) is 43.5 Å². The number of ether oxygens (including phenoxy) is 2. The molecular weight excluding hydrogens is 344 g/mol. The molecule has 6 nitrogen and oxygen atoms in total. The van der Waals surface area contributed by atoms with Gasteiger partial charge in [0.05, 0.1) is 31.2 Å². The van der Waals surface area contributed by atoms with Crippen LogP contribution in [0.1, 0.15) is 19.8 Å². The number of hydrogen-bond acceptors (Lipinski definition) is 5. The van der Waals surface area contributed by atoms with Crippen molar-refractivity contribution in [2.45, 2.75) is 19.8 Å². The Bertz CT molecular complexity index is 830. The van der Waals surface area contributed by atoms with E-state index in [0.29, 0.717) is 29.3 Å². The van der Waals surface area contributed by atoms with Crippen LogP contribution in [-0.2, 0) is 9.59 Å². The van der Waals surface area contributed by atoms with E-state index >= 15 is 0 Å². The molecule has 0 aromatic heterocycles. The van der Waals surface area contributed by atoms with Crippen LogP contribution < -0.4 is 20.1 Å². The van der Waals surface area contributed by atoms with Crippen molar-refractivity contribution in [3.63, 3.8) is 0 Å². The second-order valence-electron chi connectivity index (χ2n) is 5.73. The molecule has 2 rings (SSSR count). The molecule has 2 aromatic carbocycles. The number of carbonyl (C=O) groups is 2. The minimum Gasteiger partial charge on any atom is -0.495 e. The topological polar surface area (TPSA) is 76.7 Å². The number of rotatable bonds is 9. The summed E-state index contributed by atoms with van der Waals surface area (Å²) in [5.74, 6) is 0.389. The Labute approximate surface area is 159 Å². The number of methoxy groups -OCH3 is 2. The first kappa shape index (κ1) is 20.0. The van der Waals surface area contributed by atoms with E-state index in [1.165, 1.54) is 13.3 Å². The molecule has 0 spiro atoms. The molecule has 0 aliphatic heterocycles. The number of benzene rings is 2. The predicted octanol–water partition coefficient (Wildman–Crippen LogP) is 4.01. The summed E-state index contributed by atoms with van der Waals surface area (Å²) in [5, 5.41) is 5.74. The van der Waals surface area contributed by atoms with Gasteiger partial charge in [0.1, 0.15) is 11.5 Å². The molecular formula is C21H24N2O4. The summed E-state index contributed by atoms with van der Waals surface area (Å²) < 4.78 is 10.5. The fourth-order valence-electron chi connectivity index (χ4n) is 2.49. The summed E-state index contributed by atoms with van der Waals surface area (Å²) in [7, 11) is 3.08. The molecule has 0 fully saturated rings. The second kappa shape index (κ2) is 10.0. The number of anilines is 2. The van der Waals surface area contributed by atoms with Gasteiger partial charge in [-0.05, 0) is 30.7 Å². The summed E-state index contributed by atoms with van der Waals surface area (Å²) in [4.78, 5) is 25.2. The van der Waals surface area contributed by atoms with Crippen LogP contribution in [0.15, 0.2) is 60.3 Å². The van der Waals surface area contributed by atoms with Crippen LogP contribution in [0.4, 0.5) is 11.4 Å². The van der Waals surface area contributed by atoms with Gasteiger partial charge >= 0.3 is 0 Å². The lowest BCUT2D eigenvalue weighted by atomic mass is 10.1. The van der Waals surface area contributed by atoms with Gasteiger partial charge in [-0.25, -0.2) is 0 Å². The Morgan fingerprint density at radius 2 is 1.48 bits per heavy atom. The maximum absolute atomic E-state index is 12.7. The normalized spacial score (nSPS) is 10.9. The largest absolute Gasteiger partial charge is 0.495 e. The Kier molecular flexibility index (Phi) is 7.43. The smallest absolute Gasteiger partial charge is 0.260 e. The third-order valence-electron chi connectivity index (χ3n) is 3.86. The number of nitrogens with one attached hydrogen (secondary N) is 2. The van der Waals surface area contributed by atoms with Crippen LogP contribution in [0.5, 0.6) is 11.5 Å². The van der Waals surface area contributed by atoms with E-state index < -0.39 is 5.91 Å². The van der Waals surface area contributed by atoms with Crippen molar-refractivity contribution in [2.24, 2.45) is 0 Å². The minimum atomic E-state index is -0.500. The highest BCUT2D eigenvalue weighted by Crippen LogP contribution is 2.25. The SMILES string of the molecule is CCCC(=O)/C(=C/Nc1ccccc1OC)C(=O)Nc1ccccc1OC. The highest BCUT2D eigenvalue weighted by Gasteiger charge is 2.19. The van der Waals surface area contributed by atoms with E-state index in [4.69, 9.17) is 9.47 Å². The van der Waals surface area contributed by atoms with E-state index in [-0.39, 0.29) is 17.8 Å². The molecule has 1 amide bonds. The summed E-state index contributed by atoms with van der Waals surface area (Å²) in [6, 6.07) is 14.3. The van der Waals surface area contributed by atoms with Gasteiger partial charge in [-0.2, -0.15) is 0 Å². The average Bonchev–Trinajstić information content (AvgIpc) is 2.69. The summed E-state index contributed by atoms with van der Waals surface area (Å²) in [6.45, 7) is 1.89. The van der Waals surface area contributed by atoms with Gasteiger partial charge in [-0.1, -0.05) is 31.2 Å². The van der Waals surface area contributed by atoms with Crippen LogP contribution in [0.25, 0.3) is 0 Å². The lowest BCUT2D eigenvalue weighted by molar-refractivity contribution is -0.120. The van der Waals surface area contributed by atoms with E-state index in [0.717, 1.165) is 0 Å². The van der Waals surface area contributed by atoms with Crippen molar-refractivity contribution >= 4 is 23.1 Å². The van der Waals surface area contributed by atoms with Gasteiger partial charge in [-0.3, -0.25) is 9.59 Å². The zero-order valence-corrected chi connectivity index (χ0v) is 15.7. The molecule has 142 valence electrons. The molecule has 2 aromatic rings. The van der Waals surface area contributed by atoms with Crippen LogP contribution in [-0.4, -0.2) is 25.9 Å². The lowest BCUT2D eigenvalue weighted by Gasteiger charge is -2.12. The van der Waals surface area contributed by atoms with Crippen molar-refractivity contribution in [3.8, 4) is 11.5 Å². The predicted molar refractivity (Wildman–Crippen MR) is 106 cm³/mol. The Balaban J connectivity index is 2.27. The molecule has 0 aliphatic rings. The van der Waals surface area contributed by atoms with Crippen molar-refractivity contribution in [3.05, 3.63) is 60.3 Å². The summed E-state index contributed by atoms with van der Waals surface area (Å²) in [6.07, 6.45) is 2.34. The molecule has 0 saturated heterocycles. The van der Waals surface area contributed by atoms with Gasteiger partial charge < -0.3 is 20.1 Å². The number of hydrogen-bond donors (Lipinski definition) is 2. The monoisotopic (exact) mass is 368 g/mol. The fraction of sp³-hybridized carbons (Fsp3) is 0.238. The second-order valence-corrected chi connectivity index (χ2v) is 5.73. The average molecular weight is 368 g/mol. The summed E-state index contributed by atoms with van der Waals surface area (Å²) in [5.41, 5.74) is 1.19. The van der Waals surface area contributed by atoms with Gasteiger partial charge in [0, 0.05) is 12.6 Å². The van der Waals surface area contributed by atoms with Crippen molar-refractivity contribution in [1.29, 1.82) is 0 Å². The van der Waals surface area contributed by atoms with Crippen molar-refractivity contribution in [2.75, 3.05) is 24.9 Å². The van der Waals surface area contributed by atoms with Gasteiger partial charge in [0.15, 0.2) is 5.78 Å². The Morgan fingerprint density at radius 3 is 2.07 bits per heavy atom. The van der Waals surface area contributed by atoms with Crippen LogP contribution in [0.2, 0.25) is 0 Å². The molecule has 0 unspecified atom stereocenters. The Hall–Kier alpha value is -3.28. The van der Waals surface area contributed by atoms with Gasteiger partial charge in [0.2, 0.25) is 0 Å². The summed E-state index contributed by atoms with van der Waals surface area (Å²) >= 11 is 0. The molecule has 2 N–H and O–H groups in total. The highest BCUT2D eigenvalue weighted by atomic mass is 16.5. The van der Waals surface area contributed by atoms with Crippen LogP contribution in [0, 0.1) is 0 Å². The Morgan fingerprint density at radius 1 is 0.926 bits per heavy atom. The zero-order valence-electron chi connectivity index (χ0n) is 15.7. The lowest BCUT2D eigenvalue weighted by Crippen LogP contribution is -2.22. The first-order valence-electron chi connectivity index (χ1n) is 8.68. The first-order valence-corrected chi connectivity index (χ1v) is 8.68. The molecule has 0 saturated carbocycles.